The summed E-state index contributed by atoms with van der Waals surface area (Å²) < 4.78 is 9.75. The van der Waals surface area contributed by atoms with Gasteiger partial charge in [-0.25, -0.2) is 0 Å². The lowest BCUT2D eigenvalue weighted by atomic mass is 10.7. The van der Waals surface area contributed by atoms with Crippen molar-refractivity contribution in [1.82, 2.24) is 0 Å². The van der Waals surface area contributed by atoms with Gasteiger partial charge in [0.05, 0.1) is 39.6 Å². The van der Waals surface area contributed by atoms with Crippen molar-refractivity contribution in [2.75, 3.05) is 39.6 Å². The van der Waals surface area contributed by atoms with Gasteiger partial charge in [0.2, 0.25) is 0 Å². The fourth-order valence-corrected chi connectivity index (χ4v) is 0.655. The molecule has 0 aromatic rings. The summed E-state index contributed by atoms with van der Waals surface area (Å²) >= 11 is 1.49. The zero-order valence-electron chi connectivity index (χ0n) is 11.8. The quantitative estimate of drug-likeness (QED) is 0.505. The van der Waals surface area contributed by atoms with Crippen LogP contribution in [0.3, 0.4) is 0 Å². The third-order valence-corrected chi connectivity index (χ3v) is 1.42. The van der Waals surface area contributed by atoms with Crippen molar-refractivity contribution in [1.29, 1.82) is 0 Å². The van der Waals surface area contributed by atoms with Crippen LogP contribution in [0.5, 0.6) is 0 Å². The molecule has 0 aliphatic carbocycles. The van der Waals surface area contributed by atoms with E-state index >= 15 is 0 Å². The van der Waals surface area contributed by atoms with Crippen LogP contribution in [0, 0.1) is 0 Å². The molecule has 0 spiro atoms. The van der Waals surface area contributed by atoms with E-state index in [0.717, 1.165) is 0 Å². The highest BCUT2D eigenvalue weighted by Gasteiger charge is 1.86. The Morgan fingerprint density at radius 3 is 1.21 bits per heavy atom. The van der Waals surface area contributed by atoms with Gasteiger partial charge in [-0.2, -0.15) is 0 Å². The van der Waals surface area contributed by atoms with Crippen LogP contribution >= 0.6 is 11.8 Å². The van der Waals surface area contributed by atoms with Crippen molar-refractivity contribution in [3.63, 3.8) is 0 Å². The zero-order valence-corrected chi connectivity index (χ0v) is 12.6. The topological polar surface area (TPSA) is 58.9 Å². The van der Waals surface area contributed by atoms with Gasteiger partial charge in [0.25, 0.3) is 0 Å². The Bertz CT molecular complexity index is 138. The molecule has 0 rings (SSSR count). The Kier molecular flexibility index (Phi) is 60.9. The Balaban J connectivity index is -0.000000105. The lowest BCUT2D eigenvalue weighted by Crippen LogP contribution is -2.09. The van der Waals surface area contributed by atoms with Crippen molar-refractivity contribution in [3.8, 4) is 0 Å². The Morgan fingerprint density at radius 1 is 0.737 bits per heavy atom. The van der Waals surface area contributed by atoms with Crippen molar-refractivity contribution < 1.29 is 19.7 Å². The normalized spacial score (nSPS) is 7.47. The Hall–Kier alpha value is -0.850. The van der Waals surface area contributed by atoms with Crippen LogP contribution in [0.4, 0.5) is 0 Å². The average Bonchev–Trinajstić information content (AvgIpc) is 2.49. The van der Waals surface area contributed by atoms with Gasteiger partial charge < -0.3 is 19.7 Å². The van der Waals surface area contributed by atoms with Crippen LogP contribution in [0.1, 0.15) is 0 Å². The van der Waals surface area contributed by atoms with Gasteiger partial charge in [0, 0.05) is 0 Å². The monoisotopic (exact) mass is 292 g/mol. The van der Waals surface area contributed by atoms with Gasteiger partial charge in [0.15, 0.2) is 0 Å². The van der Waals surface area contributed by atoms with E-state index < -0.39 is 0 Å². The molecule has 114 valence electrons. The predicted molar refractivity (Wildman–Crippen MR) is 86.3 cm³/mol. The van der Waals surface area contributed by atoms with E-state index in [0.29, 0.717) is 26.4 Å². The summed E-state index contributed by atoms with van der Waals surface area (Å²) in [6.45, 7) is 20.6. The van der Waals surface area contributed by atoms with E-state index in [1.54, 1.807) is 10.8 Å². The fraction of sp³-hybridized carbons (Fsp3) is 0.429. The highest BCUT2D eigenvalue weighted by Crippen LogP contribution is 1.96. The molecule has 0 aromatic heterocycles. The summed E-state index contributed by atoms with van der Waals surface area (Å²) in [4.78, 5) is 0. The standard InChI is InChI=1S/C6H14O4.C4H6S.2C2H4/c7-1-3-9-5-6-10-4-2-8;1-3-5-4-2;2*1-2/h7-8H,1-6H2;3-4H,1-2H2;2*1-2H2. The lowest BCUT2D eigenvalue weighted by molar-refractivity contribution is 0.0222. The third kappa shape index (κ3) is 59.3. The van der Waals surface area contributed by atoms with Crippen molar-refractivity contribution >= 4 is 11.8 Å². The molecule has 0 aliphatic rings. The van der Waals surface area contributed by atoms with E-state index in [2.05, 4.69) is 39.5 Å². The van der Waals surface area contributed by atoms with Crippen LogP contribution in [-0.2, 0) is 9.47 Å². The van der Waals surface area contributed by atoms with Gasteiger partial charge in [0.1, 0.15) is 0 Å². The molecule has 0 aliphatic heterocycles. The molecule has 0 heterocycles. The number of thioether (sulfide) groups is 1. The maximum Gasteiger partial charge on any atom is 0.0701 e. The van der Waals surface area contributed by atoms with E-state index in [1.165, 1.54) is 11.8 Å². The molecule has 0 bridgehead atoms. The number of aliphatic hydroxyl groups excluding tert-OH is 2. The Labute approximate surface area is 122 Å². The number of hydrogen-bond donors (Lipinski definition) is 2. The number of hydrogen-bond acceptors (Lipinski definition) is 5. The molecule has 0 atom stereocenters. The van der Waals surface area contributed by atoms with Crippen LogP contribution in [-0.4, -0.2) is 49.9 Å². The molecule has 19 heavy (non-hydrogen) atoms. The summed E-state index contributed by atoms with van der Waals surface area (Å²) in [7, 11) is 0. The SMILES string of the molecule is C=C.C=C.C=CSC=C.OCCOCCOCCO. The molecule has 0 aromatic carbocycles. The first-order chi connectivity index (χ1) is 9.33. The summed E-state index contributed by atoms with van der Waals surface area (Å²) in [5, 5.41) is 20.0. The van der Waals surface area contributed by atoms with Gasteiger partial charge >= 0.3 is 0 Å². The molecule has 5 heteroatoms. The molecule has 4 nitrogen and oxygen atoms in total. The number of ether oxygens (including phenoxy) is 2. The highest BCUT2D eigenvalue weighted by molar-refractivity contribution is 8.04. The molecular weight excluding hydrogens is 264 g/mol. The minimum absolute atomic E-state index is 0.0417. The maximum atomic E-state index is 8.26. The van der Waals surface area contributed by atoms with E-state index in [1.807, 2.05) is 0 Å². The third-order valence-electron chi connectivity index (χ3n) is 1.04. The van der Waals surface area contributed by atoms with Crippen molar-refractivity contribution in [2.45, 2.75) is 0 Å². The first kappa shape index (κ1) is 26.7. The van der Waals surface area contributed by atoms with Crippen LogP contribution < -0.4 is 0 Å². The second-order valence-corrected chi connectivity index (χ2v) is 3.08. The maximum absolute atomic E-state index is 8.26. The van der Waals surface area contributed by atoms with Crippen molar-refractivity contribution in [2.24, 2.45) is 0 Å². The molecule has 2 N–H and O–H groups in total. The van der Waals surface area contributed by atoms with Crippen LogP contribution in [0.2, 0.25) is 0 Å². The smallest absolute Gasteiger partial charge is 0.0701 e. The van der Waals surface area contributed by atoms with Gasteiger partial charge in [-0.15, -0.1) is 38.1 Å². The van der Waals surface area contributed by atoms with E-state index in [-0.39, 0.29) is 13.2 Å². The zero-order chi connectivity index (χ0) is 15.8. The minimum atomic E-state index is 0.0417. The fourth-order valence-electron chi connectivity index (χ4n) is 0.519. The average molecular weight is 292 g/mol. The second-order valence-electron chi connectivity index (χ2n) is 2.14. The summed E-state index contributed by atoms with van der Waals surface area (Å²) in [5.41, 5.74) is 0. The lowest BCUT2D eigenvalue weighted by Gasteiger charge is -2.01. The molecule has 0 fully saturated rings. The predicted octanol–water partition coefficient (Wildman–Crippen LogP) is 2.62. The summed E-state index contributed by atoms with van der Waals surface area (Å²) in [5.74, 6) is 0. The molecular formula is C14H28O4S. The molecule has 0 unspecified atom stereocenters. The molecule has 0 amide bonds. The first-order valence-electron chi connectivity index (χ1n) is 5.58. The van der Waals surface area contributed by atoms with Gasteiger partial charge in [-0.05, 0) is 10.8 Å². The molecule has 0 saturated carbocycles. The van der Waals surface area contributed by atoms with Crippen molar-refractivity contribution in [3.05, 3.63) is 50.3 Å². The molecule has 0 saturated heterocycles. The van der Waals surface area contributed by atoms with E-state index in [9.17, 15) is 0 Å². The Morgan fingerprint density at radius 2 is 1.05 bits per heavy atom. The van der Waals surface area contributed by atoms with E-state index in [4.69, 9.17) is 19.7 Å². The summed E-state index contributed by atoms with van der Waals surface area (Å²) in [6.07, 6.45) is 0. The largest absolute Gasteiger partial charge is 0.394 e. The highest BCUT2D eigenvalue weighted by atomic mass is 32.2. The molecule has 0 radical (unpaired) electrons. The summed E-state index contributed by atoms with van der Waals surface area (Å²) in [6, 6.07) is 0. The second kappa shape index (κ2) is 43.4. The van der Waals surface area contributed by atoms with Gasteiger partial charge in [-0.3, -0.25) is 0 Å². The van der Waals surface area contributed by atoms with Crippen LogP contribution in [0.25, 0.3) is 0 Å². The minimum Gasteiger partial charge on any atom is -0.394 e. The first-order valence-corrected chi connectivity index (χ1v) is 6.52. The number of aliphatic hydroxyl groups is 2. The number of rotatable bonds is 9. The van der Waals surface area contributed by atoms with Gasteiger partial charge in [-0.1, -0.05) is 13.2 Å². The van der Waals surface area contributed by atoms with Crippen LogP contribution in [0.15, 0.2) is 50.3 Å².